The van der Waals surface area contributed by atoms with Crippen LogP contribution in [0.25, 0.3) is 11.0 Å². The molecule has 2 N–H and O–H groups in total. The first-order valence-corrected chi connectivity index (χ1v) is 10.4. The second-order valence-corrected chi connectivity index (χ2v) is 8.09. The van der Waals surface area contributed by atoms with Gasteiger partial charge >= 0.3 is 0 Å². The molecule has 2 aliphatic heterocycles. The number of rotatable bonds is 4. The first-order chi connectivity index (χ1) is 14.6. The van der Waals surface area contributed by atoms with Crippen LogP contribution in [0.2, 0.25) is 0 Å². The first-order valence-electron chi connectivity index (χ1n) is 10.4. The predicted molar refractivity (Wildman–Crippen MR) is 114 cm³/mol. The Labute approximate surface area is 173 Å². The number of nitrogens with one attached hydrogen (secondary N) is 1. The molecule has 2 aliphatic rings. The van der Waals surface area contributed by atoms with Gasteiger partial charge in [-0.1, -0.05) is 18.2 Å². The van der Waals surface area contributed by atoms with E-state index in [4.69, 9.17) is 4.98 Å². The van der Waals surface area contributed by atoms with Crippen LogP contribution in [0.5, 0.6) is 0 Å². The summed E-state index contributed by atoms with van der Waals surface area (Å²) >= 11 is 0. The summed E-state index contributed by atoms with van der Waals surface area (Å²) in [6, 6.07) is 12.6. The Morgan fingerprint density at radius 3 is 2.83 bits per heavy atom. The number of piperidine rings is 1. The molecule has 4 heterocycles. The molecule has 156 valence electrons. The molecule has 5 rings (SSSR count). The standard InChI is InChI=1S/C22H25N5O3/c1-23-21(30)20-15-11-14(17-7-4-8-19(29)27(17)20)12-25(13-15)22-24-16-5-2-3-6-18(16)26(22)9-10-28/h2-8,14-15,20,28H,9-13H2,1H3,(H,23,30)/t14-,15+,20-/m1/s1. The van der Waals surface area contributed by atoms with E-state index < -0.39 is 6.04 Å². The summed E-state index contributed by atoms with van der Waals surface area (Å²) in [4.78, 5) is 32.5. The van der Waals surface area contributed by atoms with E-state index in [1.54, 1.807) is 17.7 Å². The molecule has 3 atom stereocenters. The minimum atomic E-state index is -0.534. The average molecular weight is 407 g/mol. The molecule has 0 saturated carbocycles. The second-order valence-electron chi connectivity index (χ2n) is 8.09. The number of carbonyl (C=O) groups excluding carboxylic acids is 1. The van der Waals surface area contributed by atoms with Crippen molar-refractivity contribution in [3.8, 4) is 0 Å². The van der Waals surface area contributed by atoms with Crippen LogP contribution >= 0.6 is 0 Å². The lowest BCUT2D eigenvalue weighted by molar-refractivity contribution is -0.126. The van der Waals surface area contributed by atoms with Crippen LogP contribution in [0.3, 0.4) is 0 Å². The number of benzene rings is 1. The summed E-state index contributed by atoms with van der Waals surface area (Å²) in [6.07, 6.45) is 0.859. The summed E-state index contributed by atoms with van der Waals surface area (Å²) in [6.45, 7) is 1.82. The van der Waals surface area contributed by atoms with Gasteiger partial charge in [-0.3, -0.25) is 14.2 Å². The number of amides is 1. The Hall–Kier alpha value is -3.13. The normalized spacial score (nSPS) is 22.7. The molecule has 30 heavy (non-hydrogen) atoms. The van der Waals surface area contributed by atoms with Gasteiger partial charge in [0.05, 0.1) is 17.6 Å². The van der Waals surface area contributed by atoms with Crippen molar-refractivity contribution < 1.29 is 9.90 Å². The van der Waals surface area contributed by atoms with Crippen LogP contribution in [0.15, 0.2) is 47.3 Å². The highest BCUT2D eigenvalue weighted by Crippen LogP contribution is 2.42. The Balaban J connectivity index is 1.61. The maximum Gasteiger partial charge on any atom is 0.251 e. The molecule has 1 aromatic carbocycles. The van der Waals surface area contributed by atoms with E-state index in [0.29, 0.717) is 13.1 Å². The lowest BCUT2D eigenvalue weighted by Gasteiger charge is -2.46. The molecule has 3 aromatic rings. The number of carbonyl (C=O) groups is 1. The number of pyridine rings is 1. The zero-order valence-corrected chi connectivity index (χ0v) is 16.9. The van der Waals surface area contributed by atoms with E-state index in [1.165, 1.54) is 6.07 Å². The fourth-order valence-electron chi connectivity index (χ4n) is 5.21. The highest BCUT2D eigenvalue weighted by atomic mass is 16.3. The monoisotopic (exact) mass is 407 g/mol. The third-order valence-corrected chi connectivity index (χ3v) is 6.40. The third-order valence-electron chi connectivity index (χ3n) is 6.40. The molecule has 2 bridgehead atoms. The van der Waals surface area contributed by atoms with Crippen LogP contribution in [0.1, 0.15) is 24.1 Å². The van der Waals surface area contributed by atoms with Crippen LogP contribution in [-0.4, -0.2) is 51.9 Å². The first kappa shape index (κ1) is 18.9. The van der Waals surface area contributed by atoms with E-state index >= 15 is 0 Å². The van der Waals surface area contributed by atoms with Crippen LogP contribution in [0, 0.1) is 5.92 Å². The van der Waals surface area contributed by atoms with E-state index in [1.807, 2.05) is 34.9 Å². The van der Waals surface area contributed by atoms with E-state index in [0.717, 1.165) is 35.6 Å². The number of likely N-dealkylation sites (N-methyl/N-ethyl adjacent to an activating group) is 1. The molecule has 0 radical (unpaired) electrons. The molecule has 1 fully saturated rings. The van der Waals surface area contributed by atoms with Crippen LogP contribution in [-0.2, 0) is 11.3 Å². The molecule has 0 spiro atoms. The topological polar surface area (TPSA) is 92.4 Å². The number of hydrogen-bond donors (Lipinski definition) is 2. The highest BCUT2D eigenvalue weighted by molar-refractivity contribution is 5.81. The third kappa shape index (κ3) is 2.82. The van der Waals surface area contributed by atoms with Gasteiger partial charge in [0.2, 0.25) is 11.9 Å². The van der Waals surface area contributed by atoms with Gasteiger partial charge in [-0.15, -0.1) is 0 Å². The molecule has 1 saturated heterocycles. The van der Waals surface area contributed by atoms with Gasteiger partial charge in [0.25, 0.3) is 5.56 Å². The van der Waals surface area contributed by atoms with Gasteiger partial charge in [-0.2, -0.15) is 0 Å². The van der Waals surface area contributed by atoms with Crippen LogP contribution in [0.4, 0.5) is 5.95 Å². The van der Waals surface area contributed by atoms with E-state index in [-0.39, 0.29) is 29.9 Å². The molecule has 0 aliphatic carbocycles. The van der Waals surface area contributed by atoms with Crippen LogP contribution < -0.4 is 15.8 Å². The van der Waals surface area contributed by atoms with Gasteiger partial charge in [0.1, 0.15) is 6.04 Å². The zero-order valence-electron chi connectivity index (χ0n) is 16.9. The number of anilines is 1. The summed E-state index contributed by atoms with van der Waals surface area (Å²) in [5.74, 6) is 0.806. The molecule has 8 nitrogen and oxygen atoms in total. The lowest BCUT2D eigenvalue weighted by atomic mass is 9.78. The van der Waals surface area contributed by atoms with Gasteiger partial charge in [-0.05, 0) is 24.6 Å². The maximum atomic E-state index is 12.8. The lowest BCUT2D eigenvalue weighted by Crippen LogP contribution is -2.53. The molecule has 1 amide bonds. The molecule has 8 heteroatoms. The predicted octanol–water partition coefficient (Wildman–Crippen LogP) is 1.10. The van der Waals surface area contributed by atoms with Crippen molar-refractivity contribution in [3.63, 3.8) is 0 Å². The Bertz CT molecular complexity index is 1170. The van der Waals surface area contributed by atoms with Gasteiger partial charge in [0, 0.05) is 50.3 Å². The zero-order chi connectivity index (χ0) is 20.8. The summed E-state index contributed by atoms with van der Waals surface area (Å²) in [5, 5.41) is 12.4. The molecular weight excluding hydrogens is 382 g/mol. The molecular formula is C22H25N5O3. The van der Waals surface area contributed by atoms with Crippen molar-refractivity contribution in [2.45, 2.75) is 24.9 Å². The number of nitrogens with zero attached hydrogens (tertiary/aromatic N) is 4. The summed E-state index contributed by atoms with van der Waals surface area (Å²) in [5.41, 5.74) is 2.64. The Morgan fingerprint density at radius 2 is 2.03 bits per heavy atom. The van der Waals surface area contributed by atoms with Crippen molar-refractivity contribution >= 4 is 22.9 Å². The highest BCUT2D eigenvalue weighted by Gasteiger charge is 2.44. The van der Waals surface area contributed by atoms with Gasteiger partial charge < -0.3 is 19.9 Å². The van der Waals surface area contributed by atoms with E-state index in [2.05, 4.69) is 10.2 Å². The SMILES string of the molecule is CNC(=O)[C@H]1[C@H]2C[C@H](CN(c3nc4ccccc4n3CCO)C2)c2cccc(=O)n21. The fourth-order valence-corrected chi connectivity index (χ4v) is 5.21. The van der Waals surface area contributed by atoms with Crippen molar-refractivity contribution in [1.82, 2.24) is 19.4 Å². The van der Waals surface area contributed by atoms with Crippen molar-refractivity contribution in [2.75, 3.05) is 31.6 Å². The second kappa shape index (κ2) is 7.28. The molecule has 0 unspecified atom stereocenters. The van der Waals surface area contributed by atoms with Gasteiger partial charge in [-0.25, -0.2) is 4.98 Å². The van der Waals surface area contributed by atoms with Crippen molar-refractivity contribution in [3.05, 3.63) is 58.5 Å². The number of para-hydroxylation sites is 2. The number of aliphatic hydroxyl groups excluding tert-OH is 1. The number of aliphatic hydroxyl groups is 1. The number of hydrogen-bond acceptors (Lipinski definition) is 5. The summed E-state index contributed by atoms with van der Waals surface area (Å²) < 4.78 is 3.73. The van der Waals surface area contributed by atoms with Crippen molar-refractivity contribution in [2.24, 2.45) is 5.92 Å². The summed E-state index contributed by atoms with van der Waals surface area (Å²) in [7, 11) is 1.61. The van der Waals surface area contributed by atoms with Crippen molar-refractivity contribution in [1.29, 1.82) is 0 Å². The minimum absolute atomic E-state index is 0.00121. The van der Waals surface area contributed by atoms with Gasteiger partial charge in [0.15, 0.2) is 0 Å². The smallest absolute Gasteiger partial charge is 0.251 e. The maximum absolute atomic E-state index is 12.8. The number of aromatic nitrogens is 3. The fraction of sp³-hybridized carbons (Fsp3) is 0.409. The number of fused-ring (bicyclic) bond motifs is 5. The largest absolute Gasteiger partial charge is 0.395 e. The quantitative estimate of drug-likeness (QED) is 0.676. The molecule has 2 aromatic heterocycles. The van der Waals surface area contributed by atoms with E-state index in [9.17, 15) is 14.7 Å². The average Bonchev–Trinajstić information content (AvgIpc) is 3.13. The minimum Gasteiger partial charge on any atom is -0.395 e. The number of imidazole rings is 1. The Morgan fingerprint density at radius 1 is 1.20 bits per heavy atom. The Kier molecular flexibility index (Phi) is 4.58.